The second-order valence-corrected chi connectivity index (χ2v) is 13.5. The highest BCUT2D eigenvalue weighted by Crippen LogP contribution is 2.35. The Morgan fingerprint density at radius 1 is 0.958 bits per heavy atom. The van der Waals surface area contributed by atoms with Gasteiger partial charge in [0.2, 0.25) is 17.8 Å². The lowest BCUT2D eigenvalue weighted by Gasteiger charge is -2.36. The Labute approximate surface area is 281 Å². The van der Waals surface area contributed by atoms with Crippen molar-refractivity contribution in [3.63, 3.8) is 0 Å². The molecule has 2 aromatic heterocycles. The van der Waals surface area contributed by atoms with Gasteiger partial charge in [0, 0.05) is 82.2 Å². The standard InChI is InChI=1S/C37H44N8O3/c1-42(2)36(48)32-23-27-24-38-37(41-34(27)45(32)30-5-3-4-6-30)39-28-11-13-29(14-12-28)44-21-19-43(20-22-44)18-17-25-7-9-26(10-8-25)31-15-16-33(46)40-35(31)47/h7-14,23-24,30-31H,3-6,15-22H2,1-2H3,(H,38,39,41)(H,40,46,47). The number of hydrogen-bond donors (Lipinski definition) is 2. The normalized spacial score (nSPS) is 19.1. The van der Waals surface area contributed by atoms with Crippen molar-refractivity contribution in [2.75, 3.05) is 57.0 Å². The smallest absolute Gasteiger partial charge is 0.270 e. The Kier molecular flexibility index (Phi) is 9.12. The lowest BCUT2D eigenvalue weighted by Crippen LogP contribution is -2.47. The maximum atomic E-state index is 13.0. The predicted molar refractivity (Wildman–Crippen MR) is 187 cm³/mol. The first-order valence-electron chi connectivity index (χ1n) is 17.2. The van der Waals surface area contributed by atoms with E-state index in [1.165, 1.54) is 24.1 Å². The van der Waals surface area contributed by atoms with E-state index >= 15 is 0 Å². The highest BCUT2D eigenvalue weighted by Gasteiger charge is 2.28. The summed E-state index contributed by atoms with van der Waals surface area (Å²) >= 11 is 0. The molecule has 0 radical (unpaired) electrons. The fourth-order valence-electron chi connectivity index (χ4n) is 7.32. The van der Waals surface area contributed by atoms with Crippen LogP contribution in [0.4, 0.5) is 17.3 Å². The van der Waals surface area contributed by atoms with Crippen LogP contribution in [0.5, 0.6) is 0 Å². The zero-order chi connectivity index (χ0) is 33.2. The van der Waals surface area contributed by atoms with Crippen molar-refractivity contribution in [3.05, 3.63) is 77.6 Å². The van der Waals surface area contributed by atoms with E-state index in [9.17, 15) is 14.4 Å². The molecular formula is C37H44N8O3. The van der Waals surface area contributed by atoms with E-state index < -0.39 is 0 Å². The number of amides is 3. The minimum atomic E-state index is -0.235. The van der Waals surface area contributed by atoms with Gasteiger partial charge in [-0.1, -0.05) is 37.1 Å². The maximum absolute atomic E-state index is 13.0. The van der Waals surface area contributed by atoms with Crippen molar-refractivity contribution in [1.29, 1.82) is 0 Å². The van der Waals surface area contributed by atoms with Crippen LogP contribution in [-0.4, -0.2) is 88.9 Å². The fraction of sp³-hybridized carbons (Fsp3) is 0.432. The number of piperazine rings is 1. The van der Waals surface area contributed by atoms with Crippen molar-refractivity contribution < 1.29 is 14.4 Å². The molecule has 11 heteroatoms. The number of nitrogens with one attached hydrogen (secondary N) is 2. The van der Waals surface area contributed by atoms with Gasteiger partial charge < -0.3 is 19.7 Å². The average molecular weight is 649 g/mol. The molecule has 0 spiro atoms. The van der Waals surface area contributed by atoms with E-state index in [4.69, 9.17) is 4.98 Å². The number of rotatable bonds is 9. The van der Waals surface area contributed by atoms with Crippen LogP contribution in [0.2, 0.25) is 0 Å². The fourth-order valence-corrected chi connectivity index (χ4v) is 7.32. The summed E-state index contributed by atoms with van der Waals surface area (Å²) in [6.45, 7) is 4.93. The molecular weight excluding hydrogens is 604 g/mol. The van der Waals surface area contributed by atoms with Gasteiger partial charge in [-0.2, -0.15) is 4.98 Å². The van der Waals surface area contributed by atoms with Gasteiger partial charge in [0.05, 0.1) is 5.92 Å². The third-order valence-electron chi connectivity index (χ3n) is 10.1. The molecule has 7 rings (SSSR count). The van der Waals surface area contributed by atoms with E-state index in [0.29, 0.717) is 24.5 Å². The largest absolute Gasteiger partial charge is 0.369 e. The number of aromatic nitrogens is 3. The highest BCUT2D eigenvalue weighted by atomic mass is 16.2. The van der Waals surface area contributed by atoms with Gasteiger partial charge in [0.25, 0.3) is 5.91 Å². The summed E-state index contributed by atoms with van der Waals surface area (Å²) < 4.78 is 2.14. The third kappa shape index (κ3) is 6.78. The van der Waals surface area contributed by atoms with Crippen LogP contribution < -0.4 is 15.5 Å². The van der Waals surface area contributed by atoms with E-state index in [-0.39, 0.29) is 29.7 Å². The van der Waals surface area contributed by atoms with Crippen molar-refractivity contribution in [2.45, 2.75) is 56.9 Å². The molecule has 2 N–H and O–H groups in total. The van der Waals surface area contributed by atoms with Crippen molar-refractivity contribution in [3.8, 4) is 0 Å². The Morgan fingerprint density at radius 3 is 2.38 bits per heavy atom. The number of benzene rings is 2. The Bertz CT molecular complexity index is 1790. The topological polar surface area (TPSA) is 116 Å². The Balaban J connectivity index is 0.929. The summed E-state index contributed by atoms with van der Waals surface area (Å²) in [7, 11) is 3.58. The van der Waals surface area contributed by atoms with Gasteiger partial charge in [-0.25, -0.2) is 4.98 Å². The molecule has 4 aromatic rings. The first kappa shape index (κ1) is 31.8. The maximum Gasteiger partial charge on any atom is 0.270 e. The van der Waals surface area contributed by atoms with Gasteiger partial charge >= 0.3 is 0 Å². The monoisotopic (exact) mass is 648 g/mol. The highest BCUT2D eigenvalue weighted by molar-refractivity contribution is 6.01. The predicted octanol–water partition coefficient (Wildman–Crippen LogP) is 4.88. The van der Waals surface area contributed by atoms with Crippen LogP contribution in [0.3, 0.4) is 0 Å². The Morgan fingerprint density at radius 2 is 1.69 bits per heavy atom. The lowest BCUT2D eigenvalue weighted by atomic mass is 9.90. The number of carbonyl (C=O) groups excluding carboxylic acids is 3. The second-order valence-electron chi connectivity index (χ2n) is 13.5. The molecule has 2 aromatic carbocycles. The number of piperidine rings is 1. The third-order valence-corrected chi connectivity index (χ3v) is 10.1. The summed E-state index contributed by atoms with van der Waals surface area (Å²) in [6, 6.07) is 19.0. The zero-order valence-corrected chi connectivity index (χ0v) is 27.8. The van der Waals surface area contributed by atoms with Gasteiger partial charge in [-0.15, -0.1) is 0 Å². The van der Waals surface area contributed by atoms with Crippen LogP contribution in [0.25, 0.3) is 11.0 Å². The summed E-state index contributed by atoms with van der Waals surface area (Å²) in [4.78, 5) is 52.7. The quantitative estimate of drug-likeness (QED) is 0.247. The van der Waals surface area contributed by atoms with Crippen LogP contribution in [0.1, 0.15) is 72.1 Å². The molecule has 1 atom stereocenters. The number of hydrogen-bond acceptors (Lipinski definition) is 8. The second kappa shape index (κ2) is 13.8. The molecule has 3 amide bonds. The van der Waals surface area contributed by atoms with Crippen LogP contribution in [0, 0.1) is 0 Å². The Hall–Kier alpha value is -4.77. The van der Waals surface area contributed by atoms with Crippen molar-refractivity contribution >= 4 is 46.1 Å². The molecule has 1 aliphatic carbocycles. The van der Waals surface area contributed by atoms with E-state index in [1.54, 1.807) is 19.0 Å². The first-order chi connectivity index (χ1) is 23.3. The average Bonchev–Trinajstić information content (AvgIpc) is 3.76. The van der Waals surface area contributed by atoms with Crippen molar-refractivity contribution in [2.24, 2.45) is 0 Å². The molecule has 4 heterocycles. The summed E-state index contributed by atoms with van der Waals surface area (Å²) in [5, 5.41) is 6.72. The SMILES string of the molecule is CN(C)C(=O)c1cc2cnc(Nc3ccc(N4CCN(CCc5ccc(C6CCC(=O)NC6=O)cc5)CC4)cc3)nc2n1C1CCCC1. The first-order valence-corrected chi connectivity index (χ1v) is 17.2. The van der Waals surface area contributed by atoms with E-state index in [0.717, 1.165) is 74.3 Å². The molecule has 48 heavy (non-hydrogen) atoms. The van der Waals surface area contributed by atoms with Gasteiger partial charge in [-0.05, 0) is 67.1 Å². The number of anilines is 3. The number of carbonyl (C=O) groups is 3. The van der Waals surface area contributed by atoms with Crippen LogP contribution in [-0.2, 0) is 16.0 Å². The van der Waals surface area contributed by atoms with Crippen molar-refractivity contribution in [1.82, 2.24) is 29.7 Å². The summed E-state index contributed by atoms with van der Waals surface area (Å²) in [5.41, 5.74) is 5.84. The molecule has 0 bridgehead atoms. The van der Waals surface area contributed by atoms with Crippen LogP contribution >= 0.6 is 0 Å². The number of nitrogens with zero attached hydrogens (tertiary/aromatic N) is 6. The minimum Gasteiger partial charge on any atom is -0.369 e. The molecule has 2 aliphatic heterocycles. The molecule has 2 saturated heterocycles. The molecule has 250 valence electrons. The molecule has 11 nitrogen and oxygen atoms in total. The van der Waals surface area contributed by atoms with Gasteiger partial charge in [0.1, 0.15) is 11.3 Å². The van der Waals surface area contributed by atoms with Gasteiger partial charge in [0.15, 0.2) is 0 Å². The molecule has 3 aliphatic rings. The minimum absolute atomic E-state index is 0.0100. The van der Waals surface area contributed by atoms with Crippen LogP contribution in [0.15, 0.2) is 60.8 Å². The van der Waals surface area contributed by atoms with E-state index in [2.05, 4.69) is 66.4 Å². The van der Waals surface area contributed by atoms with E-state index in [1.807, 2.05) is 24.4 Å². The molecule has 3 fully saturated rings. The number of imide groups is 1. The molecule has 1 saturated carbocycles. The van der Waals surface area contributed by atoms with Gasteiger partial charge in [-0.3, -0.25) is 24.6 Å². The summed E-state index contributed by atoms with van der Waals surface area (Å²) in [6.07, 6.45) is 8.20. The lowest BCUT2D eigenvalue weighted by molar-refractivity contribution is -0.134. The molecule has 1 unspecified atom stereocenters. The zero-order valence-electron chi connectivity index (χ0n) is 27.8. The summed E-state index contributed by atoms with van der Waals surface area (Å²) in [5.74, 6) is -0.0865. The number of fused-ring (bicyclic) bond motifs is 1.